The summed E-state index contributed by atoms with van der Waals surface area (Å²) in [5, 5.41) is 3.06. The maximum atomic E-state index is 13.4. The summed E-state index contributed by atoms with van der Waals surface area (Å²) in [5.41, 5.74) is 5.43. The van der Waals surface area contributed by atoms with Gasteiger partial charge >= 0.3 is 0 Å². The molecule has 0 bridgehead atoms. The third-order valence-electron chi connectivity index (χ3n) is 3.10. The summed E-state index contributed by atoms with van der Waals surface area (Å²) in [4.78, 5) is 7.45. The highest BCUT2D eigenvalue weighted by atomic mass is 19.1. The average Bonchev–Trinajstić information content (AvgIpc) is 2.35. The van der Waals surface area contributed by atoms with Crippen LogP contribution in [-0.2, 0) is 4.74 Å². The molecule has 1 fully saturated rings. The Balaban J connectivity index is 2.01. The van der Waals surface area contributed by atoms with Gasteiger partial charge in [-0.1, -0.05) is 0 Å². The molecule has 1 aromatic rings. The molecule has 1 aliphatic heterocycles. The lowest BCUT2D eigenvalue weighted by molar-refractivity contribution is 0.0622. The molecule has 1 unspecified atom stereocenters. The first-order valence-corrected chi connectivity index (χ1v) is 5.79. The molecule has 2 heterocycles. The smallest absolute Gasteiger partial charge is 0.222 e. The molecule has 0 saturated carbocycles. The number of hydrogen-bond donors (Lipinski definition) is 2. The van der Waals surface area contributed by atoms with Crippen molar-refractivity contribution >= 4 is 11.8 Å². The van der Waals surface area contributed by atoms with Gasteiger partial charge in [-0.15, -0.1) is 0 Å². The van der Waals surface area contributed by atoms with Gasteiger partial charge < -0.3 is 15.8 Å². The monoisotopic (exact) mass is 240 g/mol. The van der Waals surface area contributed by atoms with E-state index in [1.807, 2.05) is 6.92 Å². The molecular weight excluding hydrogens is 223 g/mol. The molecule has 6 heteroatoms. The molecule has 0 radical (unpaired) electrons. The fraction of sp³-hybridized carbons (Fsp3) is 0.636. The third-order valence-corrected chi connectivity index (χ3v) is 3.10. The largest absolute Gasteiger partial charge is 0.381 e. The SMILES string of the molecule is CC(Nc1nc(N)ncc1F)C1CCOCC1. The first-order chi connectivity index (χ1) is 8.16. The Morgan fingerprint density at radius 1 is 1.53 bits per heavy atom. The highest BCUT2D eigenvalue weighted by Crippen LogP contribution is 2.22. The Morgan fingerprint density at radius 3 is 2.94 bits per heavy atom. The summed E-state index contributed by atoms with van der Waals surface area (Å²) >= 11 is 0. The molecule has 5 nitrogen and oxygen atoms in total. The number of ether oxygens (including phenoxy) is 1. The van der Waals surface area contributed by atoms with Crippen LogP contribution in [0.15, 0.2) is 6.20 Å². The van der Waals surface area contributed by atoms with E-state index in [1.54, 1.807) is 0 Å². The zero-order chi connectivity index (χ0) is 12.3. The van der Waals surface area contributed by atoms with Crippen LogP contribution in [0.2, 0.25) is 0 Å². The molecule has 2 rings (SSSR count). The highest BCUT2D eigenvalue weighted by Gasteiger charge is 2.21. The van der Waals surface area contributed by atoms with Crippen molar-refractivity contribution in [2.45, 2.75) is 25.8 Å². The van der Waals surface area contributed by atoms with Crippen LogP contribution in [0.5, 0.6) is 0 Å². The Morgan fingerprint density at radius 2 is 2.24 bits per heavy atom. The molecule has 94 valence electrons. The van der Waals surface area contributed by atoms with Crippen molar-refractivity contribution in [3.63, 3.8) is 0 Å². The molecule has 0 amide bonds. The number of nitrogens with one attached hydrogen (secondary N) is 1. The van der Waals surface area contributed by atoms with Crippen LogP contribution < -0.4 is 11.1 Å². The van der Waals surface area contributed by atoms with Crippen molar-refractivity contribution in [3.05, 3.63) is 12.0 Å². The van der Waals surface area contributed by atoms with Gasteiger partial charge in [0.2, 0.25) is 5.95 Å². The maximum absolute atomic E-state index is 13.4. The Bertz CT molecular complexity index is 382. The van der Waals surface area contributed by atoms with Gasteiger partial charge in [0.15, 0.2) is 11.6 Å². The molecule has 0 aromatic carbocycles. The third kappa shape index (κ3) is 3.03. The van der Waals surface area contributed by atoms with E-state index in [1.165, 1.54) is 0 Å². The van der Waals surface area contributed by atoms with Crippen LogP contribution in [0.25, 0.3) is 0 Å². The second kappa shape index (κ2) is 5.27. The molecule has 1 aliphatic rings. The van der Waals surface area contributed by atoms with Gasteiger partial charge in [-0.3, -0.25) is 0 Å². The summed E-state index contributed by atoms with van der Waals surface area (Å²) in [6.45, 7) is 3.56. The molecule has 1 aromatic heterocycles. The van der Waals surface area contributed by atoms with Gasteiger partial charge in [-0.05, 0) is 25.7 Å². The van der Waals surface area contributed by atoms with Crippen LogP contribution in [0.3, 0.4) is 0 Å². The number of nitrogens with two attached hydrogens (primary N) is 1. The zero-order valence-corrected chi connectivity index (χ0v) is 9.82. The predicted octanol–water partition coefficient (Wildman–Crippen LogP) is 1.42. The molecule has 1 atom stereocenters. The van der Waals surface area contributed by atoms with E-state index in [0.717, 1.165) is 32.3 Å². The van der Waals surface area contributed by atoms with Crippen molar-refractivity contribution in [2.24, 2.45) is 5.92 Å². The van der Waals surface area contributed by atoms with Crippen LogP contribution in [0.1, 0.15) is 19.8 Å². The second-order valence-electron chi connectivity index (χ2n) is 4.31. The van der Waals surface area contributed by atoms with E-state index in [9.17, 15) is 4.39 Å². The Labute approximate surface area is 99.6 Å². The highest BCUT2D eigenvalue weighted by molar-refractivity contribution is 5.40. The van der Waals surface area contributed by atoms with E-state index in [-0.39, 0.29) is 17.8 Å². The molecule has 0 spiro atoms. The quantitative estimate of drug-likeness (QED) is 0.836. The lowest BCUT2D eigenvalue weighted by Crippen LogP contribution is -2.31. The van der Waals surface area contributed by atoms with Crippen LogP contribution >= 0.6 is 0 Å². The number of nitrogens with zero attached hydrogens (tertiary/aromatic N) is 2. The van der Waals surface area contributed by atoms with E-state index in [2.05, 4.69) is 15.3 Å². The Kier molecular flexibility index (Phi) is 3.73. The second-order valence-corrected chi connectivity index (χ2v) is 4.31. The summed E-state index contributed by atoms with van der Waals surface area (Å²) in [5.74, 6) is 0.252. The number of rotatable bonds is 3. The predicted molar refractivity (Wildman–Crippen MR) is 63.0 cm³/mol. The van der Waals surface area contributed by atoms with Gasteiger partial charge in [0, 0.05) is 19.3 Å². The number of aromatic nitrogens is 2. The van der Waals surface area contributed by atoms with Gasteiger partial charge in [0.05, 0.1) is 6.20 Å². The molecular formula is C11H17FN4O. The zero-order valence-electron chi connectivity index (χ0n) is 9.82. The lowest BCUT2D eigenvalue weighted by atomic mass is 9.93. The molecule has 1 saturated heterocycles. The van der Waals surface area contributed by atoms with Gasteiger partial charge in [-0.2, -0.15) is 4.98 Å². The van der Waals surface area contributed by atoms with Crippen molar-refractivity contribution in [1.29, 1.82) is 0 Å². The average molecular weight is 240 g/mol. The maximum Gasteiger partial charge on any atom is 0.222 e. The van der Waals surface area contributed by atoms with Crippen LogP contribution in [0.4, 0.5) is 16.2 Å². The fourth-order valence-corrected chi connectivity index (χ4v) is 2.03. The minimum Gasteiger partial charge on any atom is -0.381 e. The van der Waals surface area contributed by atoms with E-state index < -0.39 is 5.82 Å². The summed E-state index contributed by atoms with van der Waals surface area (Å²) in [7, 11) is 0. The standard InChI is InChI=1S/C11H17FN4O/c1-7(8-2-4-17-5-3-8)15-10-9(12)6-14-11(13)16-10/h6-8H,2-5H2,1H3,(H3,13,14,15,16). The van der Waals surface area contributed by atoms with Crippen molar-refractivity contribution < 1.29 is 9.13 Å². The number of hydrogen-bond acceptors (Lipinski definition) is 5. The minimum atomic E-state index is -0.474. The number of halogens is 1. The van der Waals surface area contributed by atoms with E-state index in [4.69, 9.17) is 10.5 Å². The van der Waals surface area contributed by atoms with Crippen molar-refractivity contribution in [3.8, 4) is 0 Å². The van der Waals surface area contributed by atoms with Crippen LogP contribution in [0, 0.1) is 11.7 Å². The molecule has 0 aliphatic carbocycles. The first kappa shape index (κ1) is 12.0. The van der Waals surface area contributed by atoms with Crippen molar-refractivity contribution in [1.82, 2.24) is 9.97 Å². The normalized spacial score (nSPS) is 18.9. The van der Waals surface area contributed by atoms with Gasteiger partial charge in [-0.25, -0.2) is 9.37 Å². The molecule has 3 N–H and O–H groups in total. The lowest BCUT2D eigenvalue weighted by Gasteiger charge is -2.28. The van der Waals surface area contributed by atoms with E-state index >= 15 is 0 Å². The van der Waals surface area contributed by atoms with Gasteiger partial charge in [0.25, 0.3) is 0 Å². The minimum absolute atomic E-state index is 0.0769. The first-order valence-electron chi connectivity index (χ1n) is 5.79. The summed E-state index contributed by atoms with van der Waals surface area (Å²) < 4.78 is 18.7. The topological polar surface area (TPSA) is 73.1 Å². The van der Waals surface area contributed by atoms with Crippen molar-refractivity contribution in [2.75, 3.05) is 24.3 Å². The number of anilines is 2. The molecule has 17 heavy (non-hydrogen) atoms. The summed E-state index contributed by atoms with van der Waals surface area (Å²) in [6.07, 6.45) is 3.05. The number of nitrogen functional groups attached to an aromatic ring is 1. The summed E-state index contributed by atoms with van der Waals surface area (Å²) in [6, 6.07) is 0.141. The Hall–Kier alpha value is -1.43. The van der Waals surface area contributed by atoms with Crippen LogP contribution in [-0.4, -0.2) is 29.2 Å². The fourth-order valence-electron chi connectivity index (χ4n) is 2.03. The van der Waals surface area contributed by atoms with E-state index in [0.29, 0.717) is 5.92 Å². The van der Waals surface area contributed by atoms with Gasteiger partial charge in [0.1, 0.15) is 0 Å².